The second kappa shape index (κ2) is 7.47. The summed E-state index contributed by atoms with van der Waals surface area (Å²) in [6.07, 6.45) is 0.295. The molecule has 0 atom stereocenters. The molecule has 6 nitrogen and oxygen atoms in total. The van der Waals surface area contributed by atoms with E-state index in [0.29, 0.717) is 36.6 Å². The van der Waals surface area contributed by atoms with Crippen LogP contribution in [0.4, 0.5) is 5.82 Å². The van der Waals surface area contributed by atoms with Gasteiger partial charge in [-0.3, -0.25) is 4.79 Å². The molecule has 0 aliphatic rings. The van der Waals surface area contributed by atoms with Gasteiger partial charge in [-0.05, 0) is 26.0 Å². The Morgan fingerprint density at radius 3 is 2.60 bits per heavy atom. The normalized spacial score (nSPS) is 10.0. The molecule has 20 heavy (non-hydrogen) atoms. The molecule has 0 fully saturated rings. The van der Waals surface area contributed by atoms with E-state index in [1.54, 1.807) is 26.0 Å². The number of rotatable bonds is 6. The Bertz CT molecular complexity index is 488. The lowest BCUT2D eigenvalue weighted by atomic mass is 10.2. The van der Waals surface area contributed by atoms with Crippen LogP contribution in [0.1, 0.15) is 29.4 Å². The van der Waals surface area contributed by atoms with E-state index in [4.69, 9.17) is 4.74 Å². The number of esters is 2. The molecule has 0 aliphatic heterocycles. The average molecular weight is 280 g/mol. The average Bonchev–Trinajstić information content (AvgIpc) is 2.44. The predicted molar refractivity (Wildman–Crippen MR) is 74.8 cm³/mol. The summed E-state index contributed by atoms with van der Waals surface area (Å²) >= 11 is 0. The van der Waals surface area contributed by atoms with Gasteiger partial charge in [-0.1, -0.05) is 0 Å². The molecule has 0 spiro atoms. The Kier molecular flexibility index (Phi) is 5.96. The summed E-state index contributed by atoms with van der Waals surface area (Å²) in [7, 11) is 3.17. The zero-order valence-electron chi connectivity index (χ0n) is 12.3. The minimum atomic E-state index is -0.407. The third kappa shape index (κ3) is 4.22. The molecule has 110 valence electrons. The number of hydrogen-bond donors (Lipinski definition) is 0. The van der Waals surface area contributed by atoms with Crippen LogP contribution in [0, 0.1) is 6.92 Å². The molecule has 0 unspecified atom stereocenters. The van der Waals surface area contributed by atoms with Gasteiger partial charge in [0.2, 0.25) is 0 Å². The minimum absolute atomic E-state index is 0.234. The molecule has 0 saturated heterocycles. The fourth-order valence-electron chi connectivity index (χ4n) is 1.69. The van der Waals surface area contributed by atoms with Crippen LogP contribution in [0.15, 0.2) is 12.1 Å². The predicted octanol–water partition coefficient (Wildman–Crippen LogP) is 1.57. The summed E-state index contributed by atoms with van der Waals surface area (Å²) in [5.74, 6) is 0.0532. The number of methoxy groups -OCH3 is 1. The highest BCUT2D eigenvalue weighted by Crippen LogP contribution is 2.14. The SMILES string of the molecule is CCOC(=O)CCN(C)c1ccc(C(=O)OC)c(C)n1. The summed E-state index contributed by atoms with van der Waals surface area (Å²) in [6.45, 7) is 4.41. The zero-order chi connectivity index (χ0) is 15.1. The third-order valence-electron chi connectivity index (χ3n) is 2.82. The number of aromatic nitrogens is 1. The van der Waals surface area contributed by atoms with Crippen molar-refractivity contribution in [1.82, 2.24) is 4.98 Å². The van der Waals surface area contributed by atoms with Crippen LogP contribution in [0.3, 0.4) is 0 Å². The third-order valence-corrected chi connectivity index (χ3v) is 2.82. The minimum Gasteiger partial charge on any atom is -0.466 e. The van der Waals surface area contributed by atoms with E-state index in [9.17, 15) is 9.59 Å². The molecule has 0 radical (unpaired) electrons. The van der Waals surface area contributed by atoms with Crippen molar-refractivity contribution in [2.75, 3.05) is 32.2 Å². The topological polar surface area (TPSA) is 68.7 Å². The standard InChI is InChI=1S/C14H20N2O4/c1-5-20-13(17)8-9-16(3)12-7-6-11(10(2)15-12)14(18)19-4/h6-7H,5,8-9H2,1-4H3. The van der Waals surface area contributed by atoms with Crippen LogP contribution in [0.25, 0.3) is 0 Å². The van der Waals surface area contributed by atoms with E-state index in [-0.39, 0.29) is 5.97 Å². The summed E-state index contributed by atoms with van der Waals surface area (Å²) in [5.41, 5.74) is 1.03. The molecule has 1 aromatic heterocycles. The highest BCUT2D eigenvalue weighted by atomic mass is 16.5. The van der Waals surface area contributed by atoms with E-state index >= 15 is 0 Å². The molecule has 6 heteroatoms. The molecule has 1 rings (SSSR count). The Hall–Kier alpha value is -2.11. The summed E-state index contributed by atoms with van der Waals surface area (Å²) in [4.78, 5) is 28.9. The van der Waals surface area contributed by atoms with Gasteiger partial charge in [0.1, 0.15) is 5.82 Å². The number of carbonyl (C=O) groups is 2. The van der Waals surface area contributed by atoms with Crippen molar-refractivity contribution in [2.24, 2.45) is 0 Å². The van der Waals surface area contributed by atoms with Crippen molar-refractivity contribution in [2.45, 2.75) is 20.3 Å². The molecular weight excluding hydrogens is 260 g/mol. The van der Waals surface area contributed by atoms with Gasteiger partial charge >= 0.3 is 11.9 Å². The molecule has 0 bridgehead atoms. The second-order valence-electron chi connectivity index (χ2n) is 4.27. The van der Waals surface area contributed by atoms with Crippen molar-refractivity contribution in [3.8, 4) is 0 Å². The lowest BCUT2D eigenvalue weighted by molar-refractivity contribution is -0.142. The van der Waals surface area contributed by atoms with Crippen molar-refractivity contribution < 1.29 is 19.1 Å². The molecule has 0 aromatic carbocycles. The fraction of sp³-hybridized carbons (Fsp3) is 0.500. The van der Waals surface area contributed by atoms with Crippen molar-refractivity contribution >= 4 is 17.8 Å². The maximum Gasteiger partial charge on any atom is 0.339 e. The number of hydrogen-bond acceptors (Lipinski definition) is 6. The summed E-state index contributed by atoms with van der Waals surface area (Å²) < 4.78 is 9.54. The van der Waals surface area contributed by atoms with Gasteiger partial charge in [-0.15, -0.1) is 0 Å². The van der Waals surface area contributed by atoms with E-state index < -0.39 is 5.97 Å². The van der Waals surface area contributed by atoms with Crippen LogP contribution in [-0.2, 0) is 14.3 Å². The van der Waals surface area contributed by atoms with E-state index in [1.807, 2.05) is 11.9 Å². The molecule has 0 amide bonds. The molecular formula is C14H20N2O4. The van der Waals surface area contributed by atoms with E-state index in [0.717, 1.165) is 0 Å². The number of aryl methyl sites for hydroxylation is 1. The van der Waals surface area contributed by atoms with Crippen LogP contribution in [0.2, 0.25) is 0 Å². The lowest BCUT2D eigenvalue weighted by Crippen LogP contribution is -2.23. The first kappa shape index (κ1) is 15.9. The van der Waals surface area contributed by atoms with Gasteiger partial charge in [0, 0.05) is 13.6 Å². The molecule has 0 saturated carbocycles. The summed E-state index contributed by atoms with van der Waals surface area (Å²) in [6, 6.07) is 3.40. The number of pyridine rings is 1. The van der Waals surface area contributed by atoms with Crippen LogP contribution >= 0.6 is 0 Å². The number of anilines is 1. The number of carbonyl (C=O) groups excluding carboxylic acids is 2. The van der Waals surface area contributed by atoms with Gasteiger partial charge in [0.25, 0.3) is 0 Å². The van der Waals surface area contributed by atoms with Crippen LogP contribution < -0.4 is 4.90 Å². The van der Waals surface area contributed by atoms with Gasteiger partial charge in [0.05, 0.1) is 31.4 Å². The maximum atomic E-state index is 11.5. The highest BCUT2D eigenvalue weighted by molar-refractivity contribution is 5.90. The first-order chi connectivity index (χ1) is 9.49. The number of nitrogens with zero attached hydrogens (tertiary/aromatic N) is 2. The smallest absolute Gasteiger partial charge is 0.339 e. The van der Waals surface area contributed by atoms with Gasteiger partial charge < -0.3 is 14.4 Å². The van der Waals surface area contributed by atoms with Gasteiger partial charge in [-0.25, -0.2) is 9.78 Å². The van der Waals surface area contributed by atoms with Crippen molar-refractivity contribution in [3.63, 3.8) is 0 Å². The van der Waals surface area contributed by atoms with Crippen LogP contribution in [0.5, 0.6) is 0 Å². The Labute approximate surface area is 118 Å². The molecule has 0 aliphatic carbocycles. The summed E-state index contributed by atoms with van der Waals surface area (Å²) in [5, 5.41) is 0. The quantitative estimate of drug-likeness (QED) is 0.737. The highest BCUT2D eigenvalue weighted by Gasteiger charge is 2.13. The van der Waals surface area contributed by atoms with Gasteiger partial charge in [0.15, 0.2) is 0 Å². The molecule has 0 N–H and O–H groups in total. The first-order valence-corrected chi connectivity index (χ1v) is 6.42. The van der Waals surface area contributed by atoms with E-state index in [1.165, 1.54) is 7.11 Å². The number of ether oxygens (including phenoxy) is 2. The first-order valence-electron chi connectivity index (χ1n) is 6.42. The second-order valence-corrected chi connectivity index (χ2v) is 4.27. The Morgan fingerprint density at radius 1 is 1.35 bits per heavy atom. The van der Waals surface area contributed by atoms with Crippen molar-refractivity contribution in [3.05, 3.63) is 23.4 Å². The Morgan fingerprint density at radius 2 is 2.05 bits per heavy atom. The zero-order valence-corrected chi connectivity index (χ0v) is 12.3. The lowest BCUT2D eigenvalue weighted by Gasteiger charge is -2.18. The van der Waals surface area contributed by atoms with Crippen LogP contribution in [-0.4, -0.2) is 44.2 Å². The Balaban J connectivity index is 2.70. The molecule has 1 heterocycles. The monoisotopic (exact) mass is 280 g/mol. The maximum absolute atomic E-state index is 11.5. The van der Waals surface area contributed by atoms with E-state index in [2.05, 4.69) is 9.72 Å². The van der Waals surface area contributed by atoms with Crippen molar-refractivity contribution in [1.29, 1.82) is 0 Å². The van der Waals surface area contributed by atoms with Gasteiger partial charge in [-0.2, -0.15) is 0 Å². The fourth-order valence-corrected chi connectivity index (χ4v) is 1.69. The molecule has 1 aromatic rings. The largest absolute Gasteiger partial charge is 0.466 e.